The van der Waals surface area contributed by atoms with Crippen LogP contribution in [-0.4, -0.2) is 69.1 Å². The average Bonchev–Trinajstić information content (AvgIpc) is 3.95. The van der Waals surface area contributed by atoms with Crippen molar-refractivity contribution in [3.8, 4) is 11.4 Å². The van der Waals surface area contributed by atoms with Gasteiger partial charge >= 0.3 is 6.18 Å². The molecule has 12 nitrogen and oxygen atoms in total. The number of amides is 2. The van der Waals surface area contributed by atoms with Crippen molar-refractivity contribution < 1.29 is 31.2 Å². The molecule has 0 saturated heterocycles. The van der Waals surface area contributed by atoms with Crippen LogP contribution in [0.25, 0.3) is 11.4 Å². The number of carbonyl (C=O) groups is 2. The summed E-state index contributed by atoms with van der Waals surface area (Å²) in [5.74, 6) is -3.56. The molecule has 0 unspecified atom stereocenters. The maximum atomic E-state index is 14.1. The predicted molar refractivity (Wildman–Crippen MR) is 169 cm³/mol. The second kappa shape index (κ2) is 12.0. The van der Waals surface area contributed by atoms with Crippen molar-refractivity contribution in [1.29, 1.82) is 5.41 Å². The molecular weight excluding hydrogens is 696 g/mol. The Labute approximate surface area is 282 Å². The zero-order chi connectivity index (χ0) is 34.9. The normalized spacial score (nSPS) is 15.2. The molecule has 0 atom stereocenters. The molecular formula is C30H27Cl2F3N8O4S. The van der Waals surface area contributed by atoms with E-state index in [-0.39, 0.29) is 55.0 Å². The summed E-state index contributed by atoms with van der Waals surface area (Å²) in [5, 5.41) is 16.6. The van der Waals surface area contributed by atoms with E-state index in [2.05, 4.69) is 10.2 Å². The fourth-order valence-electron chi connectivity index (χ4n) is 5.43. The van der Waals surface area contributed by atoms with E-state index in [1.165, 1.54) is 49.2 Å². The molecule has 4 aromatic rings. The molecule has 48 heavy (non-hydrogen) atoms. The number of alkyl halides is 3. The van der Waals surface area contributed by atoms with Crippen LogP contribution in [0.1, 0.15) is 75.2 Å². The summed E-state index contributed by atoms with van der Waals surface area (Å²) >= 11 is 12.4. The number of nitrogens with one attached hydrogen (secondary N) is 1. The number of nitrogens with zero attached hydrogens (tertiary/aromatic N) is 6. The highest BCUT2D eigenvalue weighted by molar-refractivity contribution is 7.89. The second-order valence-corrected chi connectivity index (χ2v) is 14.6. The number of imide groups is 1. The van der Waals surface area contributed by atoms with Crippen LogP contribution in [0.5, 0.6) is 0 Å². The number of rotatable bonds is 8. The first kappa shape index (κ1) is 33.6. The first-order valence-electron chi connectivity index (χ1n) is 14.5. The summed E-state index contributed by atoms with van der Waals surface area (Å²) in [6.45, 7) is 0. The molecule has 2 aliphatic rings. The number of halogens is 5. The molecule has 2 aliphatic carbocycles. The van der Waals surface area contributed by atoms with Gasteiger partial charge in [0.15, 0.2) is 0 Å². The van der Waals surface area contributed by atoms with Crippen LogP contribution in [0.15, 0.2) is 53.7 Å². The summed E-state index contributed by atoms with van der Waals surface area (Å²) in [4.78, 5) is 28.5. The van der Waals surface area contributed by atoms with Crippen LogP contribution < -0.4 is 5.73 Å². The number of sulfonamides is 1. The Morgan fingerprint density at radius 1 is 0.896 bits per heavy atom. The molecule has 3 N–H and O–H groups in total. The van der Waals surface area contributed by atoms with Crippen LogP contribution in [0.4, 0.5) is 13.2 Å². The van der Waals surface area contributed by atoms with E-state index in [9.17, 15) is 31.2 Å². The van der Waals surface area contributed by atoms with Gasteiger partial charge in [-0.25, -0.2) is 27.0 Å². The van der Waals surface area contributed by atoms with Gasteiger partial charge in [0.1, 0.15) is 0 Å². The lowest BCUT2D eigenvalue weighted by Crippen LogP contribution is -2.46. The molecule has 2 saturated carbocycles. The summed E-state index contributed by atoms with van der Waals surface area (Å²) in [7, 11) is -1.11. The fourth-order valence-corrected chi connectivity index (χ4v) is 6.72. The summed E-state index contributed by atoms with van der Waals surface area (Å²) in [6, 6.07) is 7.22. The van der Waals surface area contributed by atoms with Crippen LogP contribution >= 0.6 is 23.2 Å². The van der Waals surface area contributed by atoms with Gasteiger partial charge in [-0.2, -0.15) is 23.4 Å². The number of nitrogens with two attached hydrogens (primary N) is 1. The van der Waals surface area contributed by atoms with Gasteiger partial charge in [-0.1, -0.05) is 23.2 Å². The quantitative estimate of drug-likeness (QED) is 0.137. The summed E-state index contributed by atoms with van der Waals surface area (Å²) in [6.07, 6.45) is -0.166. The Morgan fingerprint density at radius 2 is 1.42 bits per heavy atom. The van der Waals surface area contributed by atoms with Gasteiger partial charge in [0.25, 0.3) is 11.8 Å². The number of hydrogen-bond donors (Lipinski definition) is 2. The van der Waals surface area contributed by atoms with E-state index in [0.29, 0.717) is 36.3 Å². The van der Waals surface area contributed by atoms with Gasteiger partial charge in [0.05, 0.1) is 61.8 Å². The first-order valence-corrected chi connectivity index (χ1v) is 16.7. The van der Waals surface area contributed by atoms with Crippen molar-refractivity contribution in [2.75, 3.05) is 14.1 Å². The third kappa shape index (κ3) is 5.97. The molecule has 18 heteroatoms. The van der Waals surface area contributed by atoms with Crippen molar-refractivity contribution in [2.45, 2.75) is 48.6 Å². The van der Waals surface area contributed by atoms with Gasteiger partial charge in [-0.15, -0.1) is 0 Å². The highest BCUT2D eigenvalue weighted by Gasteiger charge is 2.42. The first-order chi connectivity index (χ1) is 22.5. The van der Waals surface area contributed by atoms with E-state index in [4.69, 9.17) is 34.3 Å². The molecule has 2 aromatic heterocycles. The van der Waals surface area contributed by atoms with Gasteiger partial charge in [0, 0.05) is 31.0 Å². The van der Waals surface area contributed by atoms with Crippen molar-refractivity contribution in [3.63, 3.8) is 0 Å². The fraction of sp³-hybridized carbons (Fsp3) is 0.300. The molecule has 0 aliphatic heterocycles. The van der Waals surface area contributed by atoms with Crippen LogP contribution in [0, 0.1) is 5.41 Å². The Balaban J connectivity index is 1.43. The summed E-state index contributed by atoms with van der Waals surface area (Å²) < 4.78 is 71.1. The van der Waals surface area contributed by atoms with Crippen LogP contribution in [0.2, 0.25) is 10.0 Å². The molecule has 6 rings (SSSR count). The number of benzene rings is 2. The zero-order valence-electron chi connectivity index (χ0n) is 25.3. The third-order valence-electron chi connectivity index (χ3n) is 8.07. The lowest BCUT2D eigenvalue weighted by Gasteiger charge is -2.20. The highest BCUT2D eigenvalue weighted by atomic mass is 35.5. The maximum absolute atomic E-state index is 14.1. The third-order valence-corrected chi connectivity index (χ3v) is 10.4. The number of hydrogen-bond acceptors (Lipinski definition) is 7. The number of carbonyl (C=O) groups excluding carboxylic acids is 2. The largest absolute Gasteiger partial charge is 0.418 e. The molecule has 2 fully saturated rings. The van der Waals surface area contributed by atoms with E-state index >= 15 is 0 Å². The van der Waals surface area contributed by atoms with E-state index in [1.54, 1.807) is 0 Å². The average molecular weight is 724 g/mol. The minimum absolute atomic E-state index is 0.0726. The molecule has 0 bridgehead atoms. The SMILES string of the molecule is CN(C)S(=O)(=O)c1ccc(Cl)c(-n2ncc(C(=O)N(C(=N)N)C(=O)c3cnn(-c4ccc(Cl)cc4C(F)(F)F)c3C3CC3)c2C2CC2)c1. The van der Waals surface area contributed by atoms with E-state index in [0.717, 1.165) is 27.3 Å². The van der Waals surface area contributed by atoms with E-state index < -0.39 is 39.5 Å². The predicted octanol–water partition coefficient (Wildman–Crippen LogP) is 5.56. The van der Waals surface area contributed by atoms with Gasteiger partial charge < -0.3 is 5.73 Å². The number of guanidine groups is 1. The van der Waals surface area contributed by atoms with Gasteiger partial charge in [-0.3, -0.25) is 15.0 Å². The lowest BCUT2D eigenvalue weighted by molar-refractivity contribution is -0.137. The minimum atomic E-state index is -4.79. The Morgan fingerprint density at radius 3 is 1.88 bits per heavy atom. The molecule has 252 valence electrons. The van der Waals surface area contributed by atoms with Crippen molar-refractivity contribution >= 4 is 51.0 Å². The Hall–Kier alpha value is -4.25. The molecule has 0 spiro atoms. The van der Waals surface area contributed by atoms with Crippen LogP contribution in [0.3, 0.4) is 0 Å². The summed E-state index contributed by atoms with van der Waals surface area (Å²) in [5.41, 5.74) is 4.72. The van der Waals surface area contributed by atoms with Crippen molar-refractivity contribution in [3.05, 3.63) is 86.9 Å². The van der Waals surface area contributed by atoms with E-state index in [1.807, 2.05) is 0 Å². The topological polar surface area (TPSA) is 160 Å². The van der Waals surface area contributed by atoms with Crippen molar-refractivity contribution in [1.82, 2.24) is 28.8 Å². The number of aromatic nitrogens is 4. The second-order valence-electron chi connectivity index (χ2n) is 11.6. The molecule has 0 radical (unpaired) electrons. The van der Waals surface area contributed by atoms with Gasteiger partial charge in [-0.05, 0) is 62.1 Å². The van der Waals surface area contributed by atoms with Crippen molar-refractivity contribution in [2.24, 2.45) is 5.73 Å². The van der Waals surface area contributed by atoms with Gasteiger partial charge in [0.2, 0.25) is 16.0 Å². The minimum Gasteiger partial charge on any atom is -0.369 e. The smallest absolute Gasteiger partial charge is 0.369 e. The Bertz CT molecular complexity index is 2100. The highest BCUT2D eigenvalue weighted by Crippen LogP contribution is 2.46. The molecule has 2 amide bonds. The zero-order valence-corrected chi connectivity index (χ0v) is 27.6. The molecule has 2 aromatic carbocycles. The standard InChI is InChI=1S/C30H27Cl2F3N8O4S/c1-40(2)48(46,47)18-8-9-22(32)24(12-18)43-26(16-5-6-16)20(14-39-43)28(45)41(29(36)37)27(44)19-13-38-42(25(19)15-3-4-15)23-10-7-17(31)11-21(23)30(33,34)35/h7-16H,3-6H2,1-2H3,(H3,36,37). The Kier molecular flexibility index (Phi) is 8.42. The maximum Gasteiger partial charge on any atom is 0.418 e. The lowest BCUT2D eigenvalue weighted by atomic mass is 10.1. The van der Waals surface area contributed by atoms with Crippen LogP contribution in [-0.2, 0) is 16.2 Å². The molecule has 2 heterocycles. The monoisotopic (exact) mass is 722 g/mol.